The molecule has 0 aliphatic carbocycles. The molecule has 0 heterocycles. The monoisotopic (exact) mass is 159 g/mol. The van der Waals surface area contributed by atoms with Crippen LogP contribution in [0.15, 0.2) is 36.4 Å². The minimum Gasteiger partial charge on any atom is -0.326 e. The third-order valence-electron chi connectivity index (χ3n) is 1.35. The van der Waals surface area contributed by atoms with Gasteiger partial charge in [0.05, 0.1) is 0 Å². The third kappa shape index (κ3) is 2.58. The zero-order valence-electron chi connectivity index (χ0n) is 6.58. The summed E-state index contributed by atoms with van der Waals surface area (Å²) in [5, 5.41) is 2.65. The lowest BCUT2D eigenvalue weighted by Crippen LogP contribution is -2.09. The van der Waals surface area contributed by atoms with Gasteiger partial charge in [-0.05, 0) is 18.7 Å². The molecule has 0 aliphatic rings. The topological polar surface area (TPSA) is 29.1 Å². The zero-order valence-corrected chi connectivity index (χ0v) is 6.58. The molecule has 2 radical (unpaired) electrons. The summed E-state index contributed by atoms with van der Waals surface area (Å²) in [5.41, 5.74) is 0.768. The quantitative estimate of drug-likeness (QED) is 0.716. The Bertz CT molecular complexity index is 266. The van der Waals surface area contributed by atoms with Crippen LogP contribution in [0, 0.1) is 6.58 Å². The number of nitrogens with one attached hydrogen (secondary N) is 1. The third-order valence-corrected chi connectivity index (χ3v) is 1.35. The van der Waals surface area contributed by atoms with E-state index in [1.165, 1.54) is 0 Å². The molecule has 12 heavy (non-hydrogen) atoms. The summed E-state index contributed by atoms with van der Waals surface area (Å²) in [6, 6.07) is 9.19. The highest BCUT2D eigenvalue weighted by Gasteiger charge is 1.96. The Labute approximate surface area is 71.9 Å². The molecule has 0 unspecified atom stereocenters. The second-order valence-corrected chi connectivity index (χ2v) is 2.32. The molecule has 0 saturated carbocycles. The number of carbonyl (C=O) groups excluding carboxylic acids is 1. The number of anilines is 1. The summed E-state index contributed by atoms with van der Waals surface area (Å²) in [4.78, 5) is 11.0. The number of para-hydroxylation sites is 1. The van der Waals surface area contributed by atoms with Gasteiger partial charge in [0, 0.05) is 12.1 Å². The maximum Gasteiger partial charge on any atom is 0.228 e. The van der Waals surface area contributed by atoms with E-state index in [4.69, 9.17) is 6.58 Å². The largest absolute Gasteiger partial charge is 0.326 e. The van der Waals surface area contributed by atoms with Gasteiger partial charge in [-0.1, -0.05) is 24.3 Å². The second kappa shape index (κ2) is 4.34. The lowest BCUT2D eigenvalue weighted by Gasteiger charge is -2.01. The van der Waals surface area contributed by atoms with Crippen molar-refractivity contribution >= 4 is 11.6 Å². The van der Waals surface area contributed by atoms with Crippen LogP contribution in [0.25, 0.3) is 0 Å². The molecule has 0 aliphatic heterocycles. The number of hydrogen-bond donors (Lipinski definition) is 1. The molecule has 0 saturated heterocycles. The van der Waals surface area contributed by atoms with E-state index in [0.717, 1.165) is 11.8 Å². The van der Waals surface area contributed by atoms with Crippen LogP contribution in [0.2, 0.25) is 0 Å². The van der Waals surface area contributed by atoms with Gasteiger partial charge in [-0.15, -0.1) is 0 Å². The van der Waals surface area contributed by atoms with E-state index < -0.39 is 0 Å². The highest BCUT2D eigenvalue weighted by atomic mass is 16.1. The van der Waals surface area contributed by atoms with Gasteiger partial charge in [-0.3, -0.25) is 4.79 Å². The smallest absolute Gasteiger partial charge is 0.228 e. The van der Waals surface area contributed by atoms with Crippen LogP contribution in [0.1, 0.15) is 6.42 Å². The van der Waals surface area contributed by atoms with Crippen LogP contribution in [0.3, 0.4) is 0 Å². The standard InChI is InChI=1S/C10H9NO/c1-2-6-10(12)11-9-7-4-3-5-8-9/h2-5,7-8H,6H2,(H,11,12). The van der Waals surface area contributed by atoms with E-state index in [9.17, 15) is 4.79 Å². The molecule has 60 valence electrons. The van der Waals surface area contributed by atoms with Crippen molar-refractivity contribution in [1.29, 1.82) is 0 Å². The van der Waals surface area contributed by atoms with E-state index in [1.807, 2.05) is 30.3 Å². The van der Waals surface area contributed by atoms with Crippen LogP contribution in [0.4, 0.5) is 5.69 Å². The van der Waals surface area contributed by atoms with Crippen molar-refractivity contribution in [2.24, 2.45) is 0 Å². The molecule has 2 nitrogen and oxygen atoms in total. The van der Waals surface area contributed by atoms with Crippen LogP contribution in [-0.4, -0.2) is 5.91 Å². The first kappa shape index (κ1) is 8.53. The van der Waals surface area contributed by atoms with E-state index in [-0.39, 0.29) is 12.3 Å². The van der Waals surface area contributed by atoms with Crippen molar-refractivity contribution in [2.75, 3.05) is 5.32 Å². The summed E-state index contributed by atoms with van der Waals surface area (Å²) < 4.78 is 0. The zero-order chi connectivity index (χ0) is 8.81. The first-order valence-corrected chi connectivity index (χ1v) is 3.67. The molecule has 0 spiro atoms. The van der Waals surface area contributed by atoms with E-state index in [2.05, 4.69) is 5.32 Å². The van der Waals surface area contributed by atoms with Crippen molar-refractivity contribution < 1.29 is 4.79 Å². The minimum atomic E-state index is -0.156. The fourth-order valence-electron chi connectivity index (χ4n) is 0.826. The van der Waals surface area contributed by atoms with Gasteiger partial charge in [-0.2, -0.15) is 0 Å². The molecule has 1 rings (SSSR count). The lowest BCUT2D eigenvalue weighted by molar-refractivity contribution is -0.115. The minimum absolute atomic E-state index is 0.134. The first-order chi connectivity index (χ1) is 5.83. The molecule has 2 heteroatoms. The van der Waals surface area contributed by atoms with E-state index >= 15 is 0 Å². The number of benzene rings is 1. The van der Waals surface area contributed by atoms with Crippen LogP contribution in [0.5, 0.6) is 0 Å². The summed E-state index contributed by atoms with van der Waals surface area (Å²) in [6.07, 6.45) is 1.22. The van der Waals surface area contributed by atoms with Gasteiger partial charge in [0.15, 0.2) is 0 Å². The molecule has 1 aromatic carbocycles. The highest BCUT2D eigenvalue weighted by molar-refractivity contribution is 5.91. The van der Waals surface area contributed by atoms with Crippen LogP contribution >= 0.6 is 0 Å². The van der Waals surface area contributed by atoms with Crippen molar-refractivity contribution in [1.82, 2.24) is 0 Å². The number of hydrogen-bond acceptors (Lipinski definition) is 1. The Hall–Kier alpha value is -1.57. The SMILES string of the molecule is [C]=CCC(=O)Nc1ccccc1. The second-order valence-electron chi connectivity index (χ2n) is 2.32. The average Bonchev–Trinajstić information content (AvgIpc) is 2.06. The maximum atomic E-state index is 11.0. The first-order valence-electron chi connectivity index (χ1n) is 3.67. The van der Waals surface area contributed by atoms with E-state index in [0.29, 0.717) is 0 Å². The van der Waals surface area contributed by atoms with Gasteiger partial charge in [0.2, 0.25) is 5.91 Å². The van der Waals surface area contributed by atoms with Gasteiger partial charge in [0.25, 0.3) is 0 Å². The summed E-state index contributed by atoms with van der Waals surface area (Å²) >= 11 is 0. The molecule has 0 bridgehead atoms. The number of carbonyl (C=O) groups is 1. The van der Waals surface area contributed by atoms with Gasteiger partial charge >= 0.3 is 0 Å². The Morgan fingerprint density at radius 2 is 2.08 bits per heavy atom. The molecule has 0 atom stereocenters. The fourth-order valence-corrected chi connectivity index (χ4v) is 0.826. The molecule has 1 amide bonds. The number of amides is 1. The Balaban J connectivity index is 2.52. The molecule has 1 aromatic rings. The molecular weight excluding hydrogens is 150 g/mol. The number of rotatable bonds is 3. The van der Waals surface area contributed by atoms with Crippen LogP contribution in [-0.2, 0) is 4.79 Å². The molecular formula is C10H9NO. The summed E-state index contributed by atoms with van der Waals surface area (Å²) in [5.74, 6) is -0.156. The summed E-state index contributed by atoms with van der Waals surface area (Å²) in [7, 11) is 0. The Morgan fingerprint density at radius 3 is 2.67 bits per heavy atom. The normalized spacial score (nSPS) is 9.00. The fraction of sp³-hybridized carbons (Fsp3) is 0.100. The van der Waals surface area contributed by atoms with Crippen LogP contribution < -0.4 is 5.32 Å². The van der Waals surface area contributed by atoms with Crippen molar-refractivity contribution in [3.8, 4) is 0 Å². The van der Waals surface area contributed by atoms with Gasteiger partial charge < -0.3 is 5.32 Å². The van der Waals surface area contributed by atoms with Crippen molar-refractivity contribution in [2.45, 2.75) is 6.42 Å². The Kier molecular flexibility index (Phi) is 3.08. The van der Waals surface area contributed by atoms with Crippen molar-refractivity contribution in [3.63, 3.8) is 0 Å². The molecule has 1 N–H and O–H groups in total. The molecule has 0 aromatic heterocycles. The maximum absolute atomic E-state index is 11.0. The summed E-state index contributed by atoms with van der Waals surface area (Å²) in [6.45, 7) is 6.71. The van der Waals surface area contributed by atoms with E-state index in [1.54, 1.807) is 0 Å². The van der Waals surface area contributed by atoms with Gasteiger partial charge in [0.1, 0.15) is 0 Å². The average molecular weight is 159 g/mol. The predicted octanol–water partition coefficient (Wildman–Crippen LogP) is 1.88. The van der Waals surface area contributed by atoms with Crippen molar-refractivity contribution in [3.05, 3.63) is 43.0 Å². The van der Waals surface area contributed by atoms with Gasteiger partial charge in [-0.25, -0.2) is 0 Å². The lowest BCUT2D eigenvalue weighted by atomic mass is 10.3. The molecule has 0 fully saturated rings. The highest BCUT2D eigenvalue weighted by Crippen LogP contribution is 2.04. The Morgan fingerprint density at radius 1 is 1.42 bits per heavy atom. The predicted molar refractivity (Wildman–Crippen MR) is 47.5 cm³/mol.